The zero-order valence-corrected chi connectivity index (χ0v) is 11.6. The number of carboxylic acid groups (broad SMARTS) is 1. The Morgan fingerprint density at radius 1 is 1.63 bits per heavy atom. The fraction of sp³-hybridized carbons (Fsp3) is 0.286. The van der Waals surface area contributed by atoms with Gasteiger partial charge in [0.2, 0.25) is 0 Å². The molecule has 1 atom stereocenters. The van der Waals surface area contributed by atoms with Crippen LogP contribution in [0.25, 0.3) is 6.08 Å². The number of aliphatic carboxylic acids is 1. The number of hydrogen-bond acceptors (Lipinski definition) is 3. The van der Waals surface area contributed by atoms with Gasteiger partial charge in [-0.2, -0.15) is 5.26 Å². The van der Waals surface area contributed by atoms with Crippen LogP contribution in [0, 0.1) is 17.2 Å². The Morgan fingerprint density at radius 3 is 2.89 bits per heavy atom. The van der Waals surface area contributed by atoms with E-state index in [1.165, 1.54) is 6.08 Å². The summed E-state index contributed by atoms with van der Waals surface area (Å²) in [6, 6.07) is 7.44. The van der Waals surface area contributed by atoms with Crippen LogP contribution in [0.2, 0.25) is 5.02 Å². The van der Waals surface area contributed by atoms with E-state index in [1.54, 1.807) is 18.2 Å². The topological polar surface area (TPSA) is 64.3 Å². The van der Waals surface area contributed by atoms with Crippen LogP contribution in [0.1, 0.15) is 12.5 Å². The van der Waals surface area contributed by atoms with Crippen molar-refractivity contribution in [3.63, 3.8) is 0 Å². The van der Waals surface area contributed by atoms with E-state index < -0.39 is 5.97 Å². The third-order valence-corrected chi connectivity index (χ3v) is 2.88. The Labute approximate surface area is 117 Å². The van der Waals surface area contributed by atoms with Crippen LogP contribution in [0.5, 0.6) is 0 Å². The number of hydrogen-bond donors (Lipinski definition) is 1. The molecule has 1 aromatic carbocycles. The fourth-order valence-electron chi connectivity index (χ4n) is 1.77. The number of benzene rings is 1. The number of para-hydroxylation sites is 1. The minimum absolute atomic E-state index is 0.141. The quantitative estimate of drug-likeness (QED) is 0.841. The van der Waals surface area contributed by atoms with Crippen molar-refractivity contribution in [2.75, 3.05) is 18.5 Å². The molecule has 0 saturated carbocycles. The molecule has 1 aromatic rings. The monoisotopic (exact) mass is 278 g/mol. The van der Waals surface area contributed by atoms with Gasteiger partial charge < -0.3 is 10.0 Å². The van der Waals surface area contributed by atoms with E-state index in [0.29, 0.717) is 17.1 Å². The van der Waals surface area contributed by atoms with E-state index in [2.05, 4.69) is 6.07 Å². The van der Waals surface area contributed by atoms with Crippen LogP contribution in [0.4, 0.5) is 5.69 Å². The summed E-state index contributed by atoms with van der Waals surface area (Å²) in [6.45, 7) is 2.34. The SMILES string of the molecule is CC(C#N)CN(C)c1c(Cl)cccc1/C=C/C(=O)O. The summed E-state index contributed by atoms with van der Waals surface area (Å²) in [6.07, 6.45) is 2.56. The lowest BCUT2D eigenvalue weighted by molar-refractivity contribution is -0.131. The lowest BCUT2D eigenvalue weighted by Gasteiger charge is -2.23. The lowest BCUT2D eigenvalue weighted by atomic mass is 10.1. The predicted octanol–water partition coefficient (Wildman–Crippen LogP) is 3.03. The zero-order valence-electron chi connectivity index (χ0n) is 10.8. The molecule has 0 radical (unpaired) electrons. The molecule has 0 spiro atoms. The van der Waals surface area contributed by atoms with Gasteiger partial charge in [-0.05, 0) is 24.6 Å². The molecular weight excluding hydrogens is 264 g/mol. The van der Waals surface area contributed by atoms with Gasteiger partial charge in [0, 0.05) is 19.7 Å². The van der Waals surface area contributed by atoms with E-state index >= 15 is 0 Å². The van der Waals surface area contributed by atoms with Crippen LogP contribution in [-0.4, -0.2) is 24.7 Å². The van der Waals surface area contributed by atoms with Gasteiger partial charge in [0.05, 0.1) is 22.7 Å². The lowest BCUT2D eigenvalue weighted by Crippen LogP contribution is -2.24. The highest BCUT2D eigenvalue weighted by Crippen LogP contribution is 2.30. The number of nitriles is 1. The second kappa shape index (κ2) is 6.81. The molecule has 4 nitrogen and oxygen atoms in total. The highest BCUT2D eigenvalue weighted by molar-refractivity contribution is 6.33. The van der Waals surface area contributed by atoms with Crippen LogP contribution in [-0.2, 0) is 4.79 Å². The van der Waals surface area contributed by atoms with Gasteiger partial charge in [-0.15, -0.1) is 0 Å². The number of rotatable bonds is 5. The third kappa shape index (κ3) is 4.31. The molecule has 1 unspecified atom stereocenters. The Balaban J connectivity index is 3.11. The minimum Gasteiger partial charge on any atom is -0.478 e. The summed E-state index contributed by atoms with van der Waals surface area (Å²) >= 11 is 6.16. The maximum atomic E-state index is 10.6. The van der Waals surface area contributed by atoms with Crippen molar-refractivity contribution >= 4 is 29.3 Å². The minimum atomic E-state index is -1.01. The zero-order chi connectivity index (χ0) is 14.4. The molecule has 1 N–H and O–H groups in total. The summed E-state index contributed by atoms with van der Waals surface area (Å²) in [5.74, 6) is -1.16. The molecular formula is C14H15ClN2O2. The molecule has 5 heteroatoms. The van der Waals surface area contributed by atoms with Crippen molar-refractivity contribution in [3.8, 4) is 6.07 Å². The van der Waals surface area contributed by atoms with Gasteiger partial charge in [-0.25, -0.2) is 4.79 Å². The Bertz CT molecular complexity index is 535. The van der Waals surface area contributed by atoms with Crippen LogP contribution in [0.15, 0.2) is 24.3 Å². The summed E-state index contributed by atoms with van der Waals surface area (Å²) < 4.78 is 0. The normalized spacial score (nSPS) is 12.1. The van der Waals surface area contributed by atoms with Gasteiger partial charge in [0.25, 0.3) is 0 Å². The number of halogens is 1. The molecule has 0 aliphatic rings. The molecule has 0 aliphatic carbocycles. The van der Waals surface area contributed by atoms with Gasteiger partial charge in [-0.3, -0.25) is 0 Å². The molecule has 19 heavy (non-hydrogen) atoms. The van der Waals surface area contributed by atoms with Gasteiger partial charge in [0.1, 0.15) is 0 Å². The van der Waals surface area contributed by atoms with Crippen molar-refractivity contribution in [1.82, 2.24) is 0 Å². The molecule has 0 amide bonds. The number of nitrogens with zero attached hydrogens (tertiary/aromatic N) is 2. The van der Waals surface area contributed by atoms with Crippen molar-refractivity contribution in [2.45, 2.75) is 6.92 Å². The molecule has 0 bridgehead atoms. The van der Waals surface area contributed by atoms with Crippen molar-refractivity contribution in [3.05, 3.63) is 34.9 Å². The first-order valence-corrected chi connectivity index (χ1v) is 6.13. The first-order valence-electron chi connectivity index (χ1n) is 5.76. The number of anilines is 1. The fourth-order valence-corrected chi connectivity index (χ4v) is 2.10. The molecule has 0 fully saturated rings. The molecule has 1 rings (SSSR count). The van der Waals surface area contributed by atoms with Crippen molar-refractivity contribution < 1.29 is 9.90 Å². The van der Waals surface area contributed by atoms with Crippen LogP contribution < -0.4 is 4.90 Å². The molecule has 0 heterocycles. The number of carboxylic acids is 1. The largest absolute Gasteiger partial charge is 0.478 e. The summed E-state index contributed by atoms with van der Waals surface area (Å²) in [5.41, 5.74) is 1.44. The van der Waals surface area contributed by atoms with Crippen molar-refractivity contribution in [1.29, 1.82) is 5.26 Å². The summed E-state index contributed by atoms with van der Waals surface area (Å²) in [5, 5.41) is 18.1. The van der Waals surface area contributed by atoms with E-state index in [9.17, 15) is 4.79 Å². The van der Waals surface area contributed by atoms with E-state index in [0.717, 1.165) is 11.8 Å². The summed E-state index contributed by atoms with van der Waals surface area (Å²) in [4.78, 5) is 12.4. The van der Waals surface area contributed by atoms with E-state index in [4.69, 9.17) is 22.0 Å². The predicted molar refractivity (Wildman–Crippen MR) is 76.2 cm³/mol. The Kier molecular flexibility index (Phi) is 5.40. The van der Waals surface area contributed by atoms with E-state index in [1.807, 2.05) is 18.9 Å². The van der Waals surface area contributed by atoms with Crippen LogP contribution >= 0.6 is 11.6 Å². The van der Waals surface area contributed by atoms with Gasteiger partial charge in [-0.1, -0.05) is 23.7 Å². The average Bonchev–Trinajstić information content (AvgIpc) is 2.35. The second-order valence-corrected chi connectivity index (χ2v) is 4.67. The second-order valence-electron chi connectivity index (χ2n) is 4.26. The molecule has 0 aromatic heterocycles. The highest BCUT2D eigenvalue weighted by Gasteiger charge is 2.12. The Morgan fingerprint density at radius 2 is 2.32 bits per heavy atom. The standard InChI is InChI=1S/C14H15ClN2O2/c1-10(8-16)9-17(2)14-11(6-7-13(18)19)4-3-5-12(14)15/h3-7,10H,9H2,1-2H3,(H,18,19)/b7-6+. The highest BCUT2D eigenvalue weighted by atomic mass is 35.5. The first-order chi connectivity index (χ1) is 8.95. The van der Waals surface area contributed by atoms with E-state index in [-0.39, 0.29) is 5.92 Å². The average molecular weight is 279 g/mol. The third-order valence-electron chi connectivity index (χ3n) is 2.57. The molecule has 0 saturated heterocycles. The van der Waals surface area contributed by atoms with Crippen molar-refractivity contribution in [2.24, 2.45) is 5.92 Å². The Hall–Kier alpha value is -1.99. The maximum absolute atomic E-state index is 10.6. The molecule has 100 valence electrons. The van der Waals surface area contributed by atoms with Gasteiger partial charge in [0.15, 0.2) is 0 Å². The smallest absolute Gasteiger partial charge is 0.328 e. The summed E-state index contributed by atoms with van der Waals surface area (Å²) in [7, 11) is 1.83. The van der Waals surface area contributed by atoms with Gasteiger partial charge >= 0.3 is 5.97 Å². The van der Waals surface area contributed by atoms with Crippen LogP contribution in [0.3, 0.4) is 0 Å². The number of carbonyl (C=O) groups is 1. The first kappa shape index (κ1) is 15.1. The molecule has 0 aliphatic heterocycles. The maximum Gasteiger partial charge on any atom is 0.328 e.